The molecule has 0 aromatic heterocycles. The molecule has 23 heavy (non-hydrogen) atoms. The number of carbonyl (C=O) groups is 1. The first-order valence-electron chi connectivity index (χ1n) is 7.15. The van der Waals surface area contributed by atoms with Gasteiger partial charge in [-0.25, -0.2) is 13.2 Å². The Morgan fingerprint density at radius 2 is 1.65 bits per heavy atom. The third-order valence-electron chi connectivity index (χ3n) is 4.32. The van der Waals surface area contributed by atoms with E-state index in [0.717, 1.165) is 24.1 Å². The molecule has 0 bridgehead atoms. The average Bonchev–Trinajstić information content (AvgIpc) is 2.49. The summed E-state index contributed by atoms with van der Waals surface area (Å²) in [5.41, 5.74) is -0.384. The molecule has 1 fully saturated rings. The first kappa shape index (κ1) is 15.9. The quantitative estimate of drug-likeness (QED) is 0.798. The van der Waals surface area contributed by atoms with Gasteiger partial charge in [0.25, 0.3) is 0 Å². The van der Waals surface area contributed by atoms with E-state index in [1.165, 1.54) is 0 Å². The van der Waals surface area contributed by atoms with Crippen molar-refractivity contribution in [2.45, 2.75) is 24.7 Å². The van der Waals surface area contributed by atoms with Crippen molar-refractivity contribution < 1.29 is 18.0 Å². The van der Waals surface area contributed by atoms with Gasteiger partial charge in [-0.1, -0.05) is 30.2 Å². The zero-order chi connectivity index (χ0) is 16.6. The molecule has 2 aromatic rings. The van der Waals surface area contributed by atoms with Crippen molar-refractivity contribution in [1.29, 1.82) is 0 Å². The second kappa shape index (κ2) is 5.89. The standard InChI is InChI=1S/C17H13ClF3NO/c18-11-4-2-10(3-5-11)17(8-1-9-17)16(23)22-13-7-6-12(19)14(20)15(13)21/h2-7H,1,8-9H2,(H,22,23). The van der Waals surface area contributed by atoms with Crippen LogP contribution >= 0.6 is 11.6 Å². The summed E-state index contributed by atoms with van der Waals surface area (Å²) >= 11 is 5.86. The largest absolute Gasteiger partial charge is 0.323 e. The van der Waals surface area contributed by atoms with Crippen LogP contribution in [0.1, 0.15) is 24.8 Å². The van der Waals surface area contributed by atoms with Crippen molar-refractivity contribution in [1.82, 2.24) is 0 Å². The lowest BCUT2D eigenvalue weighted by atomic mass is 9.64. The van der Waals surface area contributed by atoms with Gasteiger partial charge in [0.15, 0.2) is 17.5 Å². The van der Waals surface area contributed by atoms with Crippen LogP contribution in [-0.4, -0.2) is 5.91 Å². The van der Waals surface area contributed by atoms with Gasteiger partial charge >= 0.3 is 0 Å². The first-order valence-corrected chi connectivity index (χ1v) is 7.53. The maximum Gasteiger partial charge on any atom is 0.235 e. The molecule has 0 spiro atoms. The van der Waals surface area contributed by atoms with Gasteiger partial charge in [-0.15, -0.1) is 0 Å². The Balaban J connectivity index is 1.90. The summed E-state index contributed by atoms with van der Waals surface area (Å²) in [7, 11) is 0. The minimum Gasteiger partial charge on any atom is -0.323 e. The minimum absolute atomic E-state index is 0.367. The van der Waals surface area contributed by atoms with Gasteiger partial charge in [0.2, 0.25) is 5.91 Å². The van der Waals surface area contributed by atoms with Crippen LogP contribution in [0.2, 0.25) is 5.02 Å². The van der Waals surface area contributed by atoms with Crippen LogP contribution in [0.5, 0.6) is 0 Å². The van der Waals surface area contributed by atoms with Gasteiger partial charge in [-0.3, -0.25) is 4.79 Å². The SMILES string of the molecule is O=C(Nc1ccc(F)c(F)c1F)C1(c2ccc(Cl)cc2)CCC1. The van der Waals surface area contributed by atoms with Crippen molar-refractivity contribution in [3.05, 3.63) is 64.4 Å². The van der Waals surface area contributed by atoms with Crippen molar-refractivity contribution in [3.8, 4) is 0 Å². The van der Waals surface area contributed by atoms with E-state index in [1.807, 2.05) is 0 Å². The highest BCUT2D eigenvalue weighted by Crippen LogP contribution is 2.45. The molecule has 1 amide bonds. The van der Waals surface area contributed by atoms with Crippen LogP contribution in [0.3, 0.4) is 0 Å². The van der Waals surface area contributed by atoms with Crippen molar-refractivity contribution in [2.24, 2.45) is 0 Å². The molecule has 2 aromatic carbocycles. The number of carbonyl (C=O) groups excluding carboxylic acids is 1. The molecule has 0 atom stereocenters. The number of hydrogen-bond donors (Lipinski definition) is 1. The van der Waals surface area contributed by atoms with Crippen molar-refractivity contribution >= 4 is 23.2 Å². The van der Waals surface area contributed by atoms with E-state index >= 15 is 0 Å². The minimum atomic E-state index is -1.60. The molecule has 120 valence electrons. The van der Waals surface area contributed by atoms with Crippen LogP contribution < -0.4 is 5.32 Å². The molecule has 2 nitrogen and oxygen atoms in total. The number of nitrogens with one attached hydrogen (secondary N) is 1. The number of halogens is 4. The lowest BCUT2D eigenvalue weighted by molar-refractivity contribution is -0.124. The highest BCUT2D eigenvalue weighted by atomic mass is 35.5. The highest BCUT2D eigenvalue weighted by Gasteiger charge is 2.45. The molecule has 0 radical (unpaired) electrons. The Morgan fingerprint density at radius 3 is 2.22 bits per heavy atom. The third-order valence-corrected chi connectivity index (χ3v) is 4.57. The number of hydrogen-bond acceptors (Lipinski definition) is 1. The van der Waals surface area contributed by atoms with E-state index in [4.69, 9.17) is 11.6 Å². The topological polar surface area (TPSA) is 29.1 Å². The highest BCUT2D eigenvalue weighted by molar-refractivity contribution is 6.30. The van der Waals surface area contributed by atoms with Gasteiger partial charge in [0, 0.05) is 5.02 Å². The smallest absolute Gasteiger partial charge is 0.235 e. The number of anilines is 1. The lowest BCUT2D eigenvalue weighted by Gasteiger charge is -2.40. The molecule has 1 aliphatic carbocycles. The Labute approximate surface area is 136 Å². The molecule has 6 heteroatoms. The molecule has 0 unspecified atom stereocenters. The van der Waals surface area contributed by atoms with E-state index in [-0.39, 0.29) is 5.69 Å². The summed E-state index contributed by atoms with van der Waals surface area (Å²) in [6.45, 7) is 0. The Hall–Kier alpha value is -2.01. The molecule has 1 N–H and O–H groups in total. The van der Waals surface area contributed by atoms with Gasteiger partial charge in [0.1, 0.15) is 0 Å². The zero-order valence-corrected chi connectivity index (χ0v) is 12.8. The van der Waals surface area contributed by atoms with E-state index < -0.39 is 28.8 Å². The predicted molar refractivity (Wildman–Crippen MR) is 81.9 cm³/mol. The summed E-state index contributed by atoms with van der Waals surface area (Å²) in [5.74, 6) is -4.73. The molecule has 0 heterocycles. The van der Waals surface area contributed by atoms with Gasteiger partial charge in [-0.05, 0) is 42.7 Å². The normalized spacial score (nSPS) is 15.8. The second-order valence-corrected chi connectivity index (χ2v) is 6.06. The average molecular weight is 340 g/mol. The molecule has 1 saturated carbocycles. The maximum atomic E-state index is 13.7. The van der Waals surface area contributed by atoms with Crippen LogP contribution in [-0.2, 0) is 10.2 Å². The van der Waals surface area contributed by atoms with E-state index in [0.29, 0.717) is 17.9 Å². The van der Waals surface area contributed by atoms with E-state index in [2.05, 4.69) is 5.32 Å². The predicted octanol–water partition coefficient (Wildman–Crippen LogP) is 4.82. The summed E-state index contributed by atoms with van der Waals surface area (Å²) in [6, 6.07) is 8.67. The molecular weight excluding hydrogens is 327 g/mol. The molecular formula is C17H13ClF3NO. The van der Waals surface area contributed by atoms with E-state index in [9.17, 15) is 18.0 Å². The molecule has 3 rings (SSSR count). The Bertz CT molecular complexity index is 757. The lowest BCUT2D eigenvalue weighted by Crippen LogP contribution is -2.46. The fraction of sp³-hybridized carbons (Fsp3) is 0.235. The van der Waals surface area contributed by atoms with Gasteiger partial charge < -0.3 is 5.32 Å². The first-order chi connectivity index (χ1) is 10.9. The van der Waals surface area contributed by atoms with Crippen LogP contribution in [0.25, 0.3) is 0 Å². The second-order valence-electron chi connectivity index (χ2n) is 5.62. The summed E-state index contributed by atoms with van der Waals surface area (Å²) < 4.78 is 40.0. The summed E-state index contributed by atoms with van der Waals surface area (Å²) in [4.78, 5) is 12.6. The fourth-order valence-electron chi connectivity index (χ4n) is 2.81. The van der Waals surface area contributed by atoms with Gasteiger partial charge in [0.05, 0.1) is 11.1 Å². The fourth-order valence-corrected chi connectivity index (χ4v) is 2.94. The third kappa shape index (κ3) is 2.70. The number of rotatable bonds is 3. The molecule has 1 aliphatic rings. The molecule has 0 saturated heterocycles. The van der Waals surface area contributed by atoms with Crippen LogP contribution in [0, 0.1) is 17.5 Å². The van der Waals surface area contributed by atoms with Crippen LogP contribution in [0.4, 0.5) is 18.9 Å². The molecule has 0 aliphatic heterocycles. The monoisotopic (exact) mass is 339 g/mol. The van der Waals surface area contributed by atoms with Gasteiger partial charge in [-0.2, -0.15) is 0 Å². The Morgan fingerprint density at radius 1 is 1.00 bits per heavy atom. The summed E-state index contributed by atoms with van der Waals surface area (Å²) in [6.07, 6.45) is 2.06. The number of benzene rings is 2. The van der Waals surface area contributed by atoms with Crippen molar-refractivity contribution in [3.63, 3.8) is 0 Å². The summed E-state index contributed by atoms with van der Waals surface area (Å²) in [5, 5.41) is 2.93. The van der Waals surface area contributed by atoms with E-state index in [1.54, 1.807) is 24.3 Å². The zero-order valence-electron chi connectivity index (χ0n) is 12.0. The van der Waals surface area contributed by atoms with Crippen LogP contribution in [0.15, 0.2) is 36.4 Å². The maximum absolute atomic E-state index is 13.7. The Kier molecular flexibility index (Phi) is 4.06. The van der Waals surface area contributed by atoms with Crippen molar-refractivity contribution in [2.75, 3.05) is 5.32 Å². The number of amides is 1.